The molecule has 184 valence electrons. The summed E-state index contributed by atoms with van der Waals surface area (Å²) in [5.41, 5.74) is -3.62. The smallest absolute Gasteiger partial charge is 0.356 e. The van der Waals surface area contributed by atoms with Gasteiger partial charge in [0.05, 0.1) is 0 Å². The Balaban J connectivity index is 1.72. The summed E-state index contributed by atoms with van der Waals surface area (Å²) in [6, 6.07) is 5.06. The third-order valence-electron chi connectivity index (χ3n) is 5.83. The number of carbonyl (C=O) groups is 2. The summed E-state index contributed by atoms with van der Waals surface area (Å²) in [7, 11) is 5.93. The zero-order valence-electron chi connectivity index (χ0n) is 18.1. The van der Waals surface area contributed by atoms with Gasteiger partial charge in [0.25, 0.3) is 0 Å². The number of nitrogens with zero attached hydrogens (tertiary/aromatic N) is 3. The zero-order valence-corrected chi connectivity index (χ0v) is 18.1. The molecule has 1 atom stereocenters. The van der Waals surface area contributed by atoms with Crippen LogP contribution < -0.4 is 21.0 Å². The van der Waals surface area contributed by atoms with Gasteiger partial charge in [-0.25, -0.2) is 9.97 Å². The molecule has 7 nitrogen and oxygen atoms in total. The summed E-state index contributed by atoms with van der Waals surface area (Å²) in [4.78, 5) is 31.6. The fourth-order valence-electron chi connectivity index (χ4n) is 4.16. The number of anilines is 2. The number of halogens is 6. The number of hydrogen-bond acceptors (Lipinski definition) is 5. The molecule has 2 aliphatic heterocycles. The third kappa shape index (κ3) is 5.35. The molecule has 2 aliphatic rings. The van der Waals surface area contributed by atoms with E-state index in [1.54, 1.807) is 23.5 Å². The van der Waals surface area contributed by atoms with Crippen LogP contribution in [0.5, 0.6) is 0 Å². The van der Waals surface area contributed by atoms with Crippen LogP contribution in [0.3, 0.4) is 0 Å². The van der Waals surface area contributed by atoms with Gasteiger partial charge < -0.3 is 15.5 Å². The lowest BCUT2D eigenvalue weighted by atomic mass is 9.85. The fraction of sp³-hybridized carbons (Fsp3) is 0.429. The summed E-state index contributed by atoms with van der Waals surface area (Å²) in [6.45, 7) is 0.0873. The Morgan fingerprint density at radius 3 is 2.37 bits per heavy atom. The highest BCUT2D eigenvalue weighted by Crippen LogP contribution is 2.42. The minimum Gasteiger partial charge on any atom is -0.356 e. The van der Waals surface area contributed by atoms with Crippen molar-refractivity contribution in [1.82, 2.24) is 15.3 Å². The first-order chi connectivity index (χ1) is 16.3. The maximum absolute atomic E-state index is 13.9. The van der Waals surface area contributed by atoms with Gasteiger partial charge in [0, 0.05) is 32.5 Å². The molecular weight excluding hydrogens is 479 g/mol. The largest absolute Gasteiger partial charge is 0.435 e. The van der Waals surface area contributed by atoms with E-state index in [1.807, 2.05) is 0 Å². The molecule has 14 heteroatoms. The van der Waals surface area contributed by atoms with Gasteiger partial charge in [-0.15, -0.1) is 0 Å². The van der Waals surface area contributed by atoms with Crippen LogP contribution in [-0.2, 0) is 34.9 Å². The second-order valence-electron chi connectivity index (χ2n) is 8.37. The average molecular weight is 497 g/mol. The predicted octanol–water partition coefficient (Wildman–Crippen LogP) is 2.34. The average Bonchev–Trinajstić information content (AvgIpc) is 3.16. The number of hydrogen-bond donors (Lipinski definition) is 2. The maximum Gasteiger partial charge on any atom is 0.435 e. The monoisotopic (exact) mass is 497 g/mol. The van der Waals surface area contributed by atoms with Crippen LogP contribution in [0, 0.1) is 5.92 Å². The Hall–Kier alpha value is -3.32. The Kier molecular flexibility index (Phi) is 6.41. The number of alkyl halides is 6. The van der Waals surface area contributed by atoms with Crippen molar-refractivity contribution in [2.24, 2.45) is 5.92 Å². The van der Waals surface area contributed by atoms with Gasteiger partial charge in [0.1, 0.15) is 13.5 Å². The van der Waals surface area contributed by atoms with Crippen LogP contribution in [0.2, 0.25) is 0 Å². The van der Waals surface area contributed by atoms with Gasteiger partial charge in [-0.3, -0.25) is 9.59 Å². The van der Waals surface area contributed by atoms with E-state index in [-0.39, 0.29) is 32.0 Å². The number of aromatic nitrogens is 2. The van der Waals surface area contributed by atoms with Crippen LogP contribution in [0.15, 0.2) is 18.2 Å². The molecule has 1 fully saturated rings. The molecule has 0 bridgehead atoms. The van der Waals surface area contributed by atoms with Crippen molar-refractivity contribution >= 4 is 36.8 Å². The van der Waals surface area contributed by atoms with Crippen molar-refractivity contribution in [1.29, 1.82) is 0 Å². The fourth-order valence-corrected chi connectivity index (χ4v) is 4.16. The highest BCUT2D eigenvalue weighted by atomic mass is 19.4. The highest BCUT2D eigenvalue weighted by Gasteiger charge is 2.45. The molecular formula is C21H18BF6N5O2. The minimum absolute atomic E-state index is 0.0549. The number of amides is 2. The first kappa shape index (κ1) is 24.8. The van der Waals surface area contributed by atoms with E-state index in [4.69, 9.17) is 7.85 Å². The number of carbonyl (C=O) groups excluding carboxylic acids is 2. The van der Waals surface area contributed by atoms with Gasteiger partial charge in [0.15, 0.2) is 11.4 Å². The summed E-state index contributed by atoms with van der Waals surface area (Å²) < 4.78 is 83.2. The topological polar surface area (TPSA) is 87.2 Å². The normalized spacial score (nSPS) is 18.3. The highest BCUT2D eigenvalue weighted by molar-refractivity contribution is 6.33. The zero-order chi connectivity index (χ0) is 25.5. The van der Waals surface area contributed by atoms with E-state index < -0.39 is 53.6 Å². The SMILES string of the molecule is [B]c1cccc2c1CN(c1nc(C(F)(F)F)c(NC(=O)CC3CNC(=O)C3)c(C(F)(F)F)n1)CC2. The molecule has 2 aromatic rings. The molecule has 0 spiro atoms. The quantitative estimate of drug-likeness (QED) is 0.501. The second kappa shape index (κ2) is 9.04. The molecule has 2 N–H and O–H groups in total. The van der Waals surface area contributed by atoms with Crippen LogP contribution in [0.4, 0.5) is 38.0 Å². The van der Waals surface area contributed by atoms with Crippen LogP contribution in [-0.4, -0.2) is 42.7 Å². The van der Waals surface area contributed by atoms with Crippen LogP contribution in [0.25, 0.3) is 0 Å². The van der Waals surface area contributed by atoms with Gasteiger partial charge in [0.2, 0.25) is 17.8 Å². The first-order valence-corrected chi connectivity index (χ1v) is 10.6. The Morgan fingerprint density at radius 2 is 1.80 bits per heavy atom. The van der Waals surface area contributed by atoms with Gasteiger partial charge in [-0.2, -0.15) is 26.3 Å². The molecule has 0 saturated carbocycles. The van der Waals surface area contributed by atoms with Crippen LogP contribution >= 0.6 is 0 Å². The van der Waals surface area contributed by atoms with E-state index >= 15 is 0 Å². The second-order valence-corrected chi connectivity index (χ2v) is 8.37. The molecule has 0 aliphatic carbocycles. The van der Waals surface area contributed by atoms with Crippen molar-refractivity contribution in [2.75, 3.05) is 23.3 Å². The third-order valence-corrected chi connectivity index (χ3v) is 5.83. The maximum atomic E-state index is 13.9. The lowest BCUT2D eigenvalue weighted by molar-refractivity contribution is -0.146. The Morgan fingerprint density at radius 1 is 1.14 bits per heavy atom. The molecule has 2 radical (unpaired) electrons. The molecule has 2 amide bonds. The molecule has 4 rings (SSSR count). The molecule has 3 heterocycles. The van der Waals surface area contributed by atoms with Gasteiger partial charge in [-0.1, -0.05) is 23.7 Å². The summed E-state index contributed by atoms with van der Waals surface area (Å²) in [5, 5.41) is 4.15. The number of rotatable bonds is 4. The van der Waals surface area contributed by atoms with E-state index in [2.05, 4.69) is 15.3 Å². The standard InChI is InChI=1S/C21H18BF6N5O2/c22-13-3-1-2-11-4-5-33(9-12(11)13)19-31-17(20(23,24)25)16(18(32-19)21(26,27)28)30-15(35)7-10-6-14(34)29-8-10/h1-3,10H,4-9H2,(H,29,34)(H,30,35). The predicted molar refractivity (Wildman–Crippen MR) is 113 cm³/mol. The summed E-state index contributed by atoms with van der Waals surface area (Å²) in [5.74, 6) is -2.79. The lowest BCUT2D eigenvalue weighted by Gasteiger charge is -2.31. The molecule has 35 heavy (non-hydrogen) atoms. The van der Waals surface area contributed by atoms with Gasteiger partial charge >= 0.3 is 12.4 Å². The van der Waals surface area contributed by atoms with Crippen molar-refractivity contribution in [2.45, 2.75) is 38.2 Å². The minimum atomic E-state index is -5.32. The summed E-state index contributed by atoms with van der Waals surface area (Å²) in [6.07, 6.45) is -10.8. The van der Waals surface area contributed by atoms with E-state index in [0.717, 1.165) is 5.56 Å². The van der Waals surface area contributed by atoms with Crippen molar-refractivity contribution in [3.05, 3.63) is 40.7 Å². The van der Waals surface area contributed by atoms with Gasteiger partial charge in [-0.05, 0) is 23.5 Å². The summed E-state index contributed by atoms with van der Waals surface area (Å²) >= 11 is 0. The van der Waals surface area contributed by atoms with Crippen molar-refractivity contribution in [3.63, 3.8) is 0 Å². The number of fused-ring (bicyclic) bond motifs is 1. The van der Waals surface area contributed by atoms with E-state index in [1.165, 1.54) is 4.90 Å². The Bertz CT molecular complexity index is 1130. The van der Waals surface area contributed by atoms with Crippen molar-refractivity contribution < 1.29 is 35.9 Å². The molecule has 1 unspecified atom stereocenters. The number of nitrogens with one attached hydrogen (secondary N) is 2. The van der Waals surface area contributed by atoms with Crippen molar-refractivity contribution in [3.8, 4) is 0 Å². The molecule has 1 aromatic carbocycles. The lowest BCUT2D eigenvalue weighted by Crippen LogP contribution is -2.36. The Labute approximate surface area is 196 Å². The van der Waals surface area contributed by atoms with E-state index in [9.17, 15) is 35.9 Å². The van der Waals surface area contributed by atoms with E-state index in [0.29, 0.717) is 17.4 Å². The molecule has 1 saturated heterocycles. The van der Waals surface area contributed by atoms with Crippen LogP contribution in [0.1, 0.15) is 35.4 Å². The molecule has 1 aromatic heterocycles. The number of benzene rings is 1. The first-order valence-electron chi connectivity index (χ1n) is 10.6.